The van der Waals surface area contributed by atoms with Crippen LogP contribution in [0.5, 0.6) is 0 Å². The van der Waals surface area contributed by atoms with Crippen LogP contribution < -0.4 is 11.3 Å². The number of nitrogens with one attached hydrogen (secondary N) is 1. The van der Waals surface area contributed by atoms with Crippen molar-refractivity contribution >= 4 is 17.7 Å². The van der Waals surface area contributed by atoms with Crippen LogP contribution in [0.3, 0.4) is 0 Å². The van der Waals surface area contributed by atoms with Crippen LogP contribution in [-0.2, 0) is 5.75 Å². The Balaban J connectivity index is 2.03. The summed E-state index contributed by atoms with van der Waals surface area (Å²) >= 11 is 1.42. The second kappa shape index (κ2) is 5.65. The minimum Gasteiger partial charge on any atom is -0.416 e. The van der Waals surface area contributed by atoms with Gasteiger partial charge in [-0.3, -0.25) is 10.2 Å². The van der Waals surface area contributed by atoms with Crippen molar-refractivity contribution < 1.29 is 9.21 Å². The molecule has 0 atom stereocenters. The molecular formula is C11H12N4O2S. The second-order valence-electron chi connectivity index (χ2n) is 3.55. The summed E-state index contributed by atoms with van der Waals surface area (Å²) in [7, 11) is 0. The molecule has 0 spiro atoms. The number of aromatic nitrogens is 2. The number of nitrogens with zero attached hydrogens (tertiary/aromatic N) is 2. The van der Waals surface area contributed by atoms with E-state index in [1.54, 1.807) is 25.1 Å². The smallest absolute Gasteiger partial charge is 0.276 e. The van der Waals surface area contributed by atoms with E-state index in [4.69, 9.17) is 10.3 Å². The Hall–Kier alpha value is -1.86. The predicted octanol–water partition coefficient (Wildman–Crippen LogP) is 1.27. The van der Waals surface area contributed by atoms with Crippen molar-refractivity contribution in [2.75, 3.05) is 0 Å². The number of nitrogen functional groups attached to an aromatic ring is 1. The third-order valence-electron chi connectivity index (χ3n) is 2.19. The number of amides is 1. The van der Waals surface area contributed by atoms with E-state index in [-0.39, 0.29) is 5.91 Å². The molecule has 0 fully saturated rings. The normalized spacial score (nSPS) is 10.3. The van der Waals surface area contributed by atoms with E-state index in [9.17, 15) is 4.79 Å². The van der Waals surface area contributed by atoms with E-state index in [0.717, 1.165) is 5.56 Å². The molecule has 6 nitrogen and oxygen atoms in total. The standard InChI is InChI=1S/C11H12N4O2S/c1-7-14-15-11(17-7)18-6-8-3-2-4-9(5-8)10(16)13-12/h2-5H,6,12H2,1H3,(H,13,16). The van der Waals surface area contributed by atoms with Crippen LogP contribution in [-0.4, -0.2) is 16.1 Å². The zero-order valence-electron chi connectivity index (χ0n) is 9.71. The molecule has 7 heteroatoms. The van der Waals surface area contributed by atoms with Gasteiger partial charge in [0.2, 0.25) is 5.89 Å². The van der Waals surface area contributed by atoms with Gasteiger partial charge >= 0.3 is 0 Å². The summed E-state index contributed by atoms with van der Waals surface area (Å²) in [6.07, 6.45) is 0. The van der Waals surface area contributed by atoms with E-state index in [0.29, 0.717) is 22.4 Å². The molecule has 0 saturated heterocycles. The summed E-state index contributed by atoms with van der Waals surface area (Å²) in [5.74, 6) is 5.96. The molecule has 0 saturated carbocycles. The maximum atomic E-state index is 11.4. The monoisotopic (exact) mass is 264 g/mol. The lowest BCUT2D eigenvalue weighted by molar-refractivity contribution is 0.0953. The topological polar surface area (TPSA) is 94.0 Å². The predicted molar refractivity (Wildman–Crippen MR) is 66.7 cm³/mol. The largest absolute Gasteiger partial charge is 0.416 e. The average Bonchev–Trinajstić information content (AvgIpc) is 2.81. The maximum Gasteiger partial charge on any atom is 0.276 e. The van der Waals surface area contributed by atoms with Gasteiger partial charge in [-0.1, -0.05) is 23.9 Å². The first kappa shape index (κ1) is 12.6. The fraction of sp³-hybridized carbons (Fsp3) is 0.182. The summed E-state index contributed by atoms with van der Waals surface area (Å²) in [6.45, 7) is 1.74. The molecule has 94 valence electrons. The molecule has 2 rings (SSSR count). The van der Waals surface area contributed by atoms with Gasteiger partial charge in [-0.2, -0.15) is 0 Å². The molecule has 0 unspecified atom stereocenters. The lowest BCUT2D eigenvalue weighted by Gasteiger charge is -2.02. The van der Waals surface area contributed by atoms with Gasteiger partial charge in [0.05, 0.1) is 0 Å². The SMILES string of the molecule is Cc1nnc(SCc2cccc(C(=O)NN)c2)o1. The van der Waals surface area contributed by atoms with Gasteiger partial charge < -0.3 is 4.42 Å². The highest BCUT2D eigenvalue weighted by Crippen LogP contribution is 2.21. The average molecular weight is 264 g/mol. The Morgan fingerprint density at radius 3 is 3.00 bits per heavy atom. The number of hydrazine groups is 1. The minimum absolute atomic E-state index is 0.310. The number of aryl methyl sites for hydroxylation is 1. The molecule has 0 aliphatic carbocycles. The van der Waals surface area contributed by atoms with Crippen molar-refractivity contribution in [1.29, 1.82) is 0 Å². The zero-order chi connectivity index (χ0) is 13.0. The summed E-state index contributed by atoms with van der Waals surface area (Å²) in [5.41, 5.74) is 3.61. The van der Waals surface area contributed by atoms with E-state index in [2.05, 4.69) is 15.6 Å². The van der Waals surface area contributed by atoms with Crippen LogP contribution in [0.2, 0.25) is 0 Å². The van der Waals surface area contributed by atoms with Gasteiger partial charge in [-0.25, -0.2) is 5.84 Å². The fourth-order valence-electron chi connectivity index (χ4n) is 1.37. The van der Waals surface area contributed by atoms with Crippen LogP contribution in [0, 0.1) is 6.92 Å². The van der Waals surface area contributed by atoms with Crippen LogP contribution >= 0.6 is 11.8 Å². The molecule has 1 aromatic heterocycles. The van der Waals surface area contributed by atoms with Gasteiger partial charge in [0.1, 0.15) is 0 Å². The highest BCUT2D eigenvalue weighted by atomic mass is 32.2. The fourth-order valence-corrected chi connectivity index (χ4v) is 2.12. The number of rotatable bonds is 4. The van der Waals surface area contributed by atoms with Gasteiger partial charge in [0.15, 0.2) is 0 Å². The van der Waals surface area contributed by atoms with Crippen molar-refractivity contribution in [1.82, 2.24) is 15.6 Å². The number of thioether (sulfide) groups is 1. The van der Waals surface area contributed by atoms with Crippen LogP contribution in [0.1, 0.15) is 21.8 Å². The summed E-state index contributed by atoms with van der Waals surface area (Å²) in [6, 6.07) is 7.20. The second-order valence-corrected chi connectivity index (χ2v) is 4.48. The number of carbonyl (C=O) groups excluding carboxylic acids is 1. The molecule has 1 heterocycles. The van der Waals surface area contributed by atoms with Gasteiger partial charge in [-0.05, 0) is 17.7 Å². The van der Waals surface area contributed by atoms with E-state index >= 15 is 0 Å². The molecule has 18 heavy (non-hydrogen) atoms. The summed E-state index contributed by atoms with van der Waals surface area (Å²) in [5, 5.41) is 8.14. The first-order chi connectivity index (χ1) is 8.69. The molecule has 0 bridgehead atoms. The van der Waals surface area contributed by atoms with E-state index in [1.807, 2.05) is 6.07 Å². The lowest BCUT2D eigenvalue weighted by atomic mass is 10.1. The van der Waals surface area contributed by atoms with Crippen LogP contribution in [0.4, 0.5) is 0 Å². The van der Waals surface area contributed by atoms with Gasteiger partial charge in [0.25, 0.3) is 11.1 Å². The number of hydrogen-bond acceptors (Lipinski definition) is 6. The lowest BCUT2D eigenvalue weighted by Crippen LogP contribution is -2.29. The Labute approximate surface area is 108 Å². The van der Waals surface area contributed by atoms with Crippen molar-refractivity contribution in [3.63, 3.8) is 0 Å². The molecule has 1 aromatic carbocycles. The minimum atomic E-state index is -0.310. The van der Waals surface area contributed by atoms with Gasteiger partial charge in [-0.15, -0.1) is 10.2 Å². The summed E-state index contributed by atoms with van der Waals surface area (Å²) < 4.78 is 5.25. The first-order valence-electron chi connectivity index (χ1n) is 5.22. The number of nitrogens with two attached hydrogens (primary N) is 1. The zero-order valence-corrected chi connectivity index (χ0v) is 10.5. The highest BCUT2D eigenvalue weighted by Gasteiger charge is 2.06. The molecule has 0 aliphatic rings. The molecule has 0 radical (unpaired) electrons. The number of benzene rings is 1. The third-order valence-corrected chi connectivity index (χ3v) is 3.08. The third kappa shape index (κ3) is 3.08. The van der Waals surface area contributed by atoms with Crippen LogP contribution in [0.25, 0.3) is 0 Å². The number of hydrogen-bond donors (Lipinski definition) is 2. The maximum absolute atomic E-state index is 11.4. The molecule has 2 aromatic rings. The summed E-state index contributed by atoms with van der Waals surface area (Å²) in [4.78, 5) is 11.4. The quantitative estimate of drug-likeness (QED) is 0.374. The molecular weight excluding hydrogens is 252 g/mol. The Kier molecular flexibility index (Phi) is 3.96. The van der Waals surface area contributed by atoms with E-state index in [1.165, 1.54) is 11.8 Å². The Morgan fingerprint density at radius 2 is 2.33 bits per heavy atom. The van der Waals surface area contributed by atoms with Crippen molar-refractivity contribution in [2.45, 2.75) is 17.9 Å². The molecule has 3 N–H and O–H groups in total. The van der Waals surface area contributed by atoms with Crippen molar-refractivity contribution in [2.24, 2.45) is 5.84 Å². The Morgan fingerprint density at radius 1 is 1.50 bits per heavy atom. The molecule has 0 aliphatic heterocycles. The highest BCUT2D eigenvalue weighted by molar-refractivity contribution is 7.98. The van der Waals surface area contributed by atoms with Gasteiger partial charge in [0, 0.05) is 18.2 Å². The van der Waals surface area contributed by atoms with Crippen LogP contribution in [0.15, 0.2) is 33.9 Å². The van der Waals surface area contributed by atoms with E-state index < -0.39 is 0 Å². The first-order valence-corrected chi connectivity index (χ1v) is 6.20. The van der Waals surface area contributed by atoms with Crippen molar-refractivity contribution in [3.05, 3.63) is 41.3 Å². The molecule has 1 amide bonds. The van der Waals surface area contributed by atoms with Crippen molar-refractivity contribution in [3.8, 4) is 0 Å². The Bertz CT molecular complexity index is 555. The number of carbonyl (C=O) groups is 1.